The highest BCUT2D eigenvalue weighted by Gasteiger charge is 2.40. The van der Waals surface area contributed by atoms with Gasteiger partial charge in [0.1, 0.15) is 5.76 Å². The first-order valence-corrected chi connectivity index (χ1v) is 8.20. The summed E-state index contributed by atoms with van der Waals surface area (Å²) >= 11 is 0. The summed E-state index contributed by atoms with van der Waals surface area (Å²) in [6.45, 7) is 1.87. The largest absolute Gasteiger partial charge is 0.469 e. The number of amides is 1. The molecule has 2 aliphatic rings. The Kier molecular flexibility index (Phi) is 3.29. The number of hydrogen-bond donors (Lipinski definition) is 0. The van der Waals surface area contributed by atoms with Gasteiger partial charge >= 0.3 is 0 Å². The lowest BCUT2D eigenvalue weighted by Crippen LogP contribution is -2.38. The molecule has 3 heteroatoms. The van der Waals surface area contributed by atoms with Gasteiger partial charge in [-0.1, -0.05) is 24.3 Å². The maximum absolute atomic E-state index is 13.1. The molecule has 0 radical (unpaired) electrons. The Morgan fingerprint density at radius 2 is 2.00 bits per heavy atom. The second-order valence-electron chi connectivity index (χ2n) is 6.44. The van der Waals surface area contributed by atoms with Crippen molar-refractivity contribution in [1.29, 1.82) is 0 Å². The summed E-state index contributed by atoms with van der Waals surface area (Å²) in [6, 6.07) is 11.0. The quantitative estimate of drug-likeness (QED) is 0.847. The first-order valence-electron chi connectivity index (χ1n) is 8.20. The van der Waals surface area contributed by atoms with Crippen molar-refractivity contribution in [1.82, 2.24) is 4.90 Å². The Labute approximate surface area is 130 Å². The number of nitrogens with zero attached hydrogens (tertiary/aromatic N) is 1. The van der Waals surface area contributed by atoms with E-state index in [2.05, 4.69) is 29.2 Å². The minimum Gasteiger partial charge on any atom is -0.469 e. The van der Waals surface area contributed by atoms with E-state index in [9.17, 15) is 4.79 Å². The Bertz CT molecular complexity index is 699. The number of carbonyl (C=O) groups excluding carboxylic acids is 1. The van der Waals surface area contributed by atoms with Crippen LogP contribution in [-0.2, 0) is 6.42 Å². The number of benzene rings is 1. The van der Waals surface area contributed by atoms with Crippen molar-refractivity contribution in [3.63, 3.8) is 0 Å². The van der Waals surface area contributed by atoms with Crippen LogP contribution < -0.4 is 0 Å². The molecule has 0 aliphatic heterocycles. The third-order valence-electron chi connectivity index (χ3n) is 4.94. The van der Waals surface area contributed by atoms with E-state index in [0.717, 1.165) is 43.4 Å². The molecule has 1 aromatic heterocycles. The standard InChI is InChI=1S/C19H21NO2/c1-13-16(11-12-22-13)19(21)20(15-9-10-15)18-8-4-6-14-5-2-3-7-17(14)18/h2-3,5,7,11-12,15,18H,4,6,8-10H2,1H3. The highest BCUT2D eigenvalue weighted by molar-refractivity contribution is 5.95. The first-order chi connectivity index (χ1) is 10.8. The number of carbonyl (C=O) groups is 1. The maximum atomic E-state index is 13.1. The summed E-state index contributed by atoms with van der Waals surface area (Å²) in [6.07, 6.45) is 7.22. The van der Waals surface area contributed by atoms with Crippen LogP contribution in [0.3, 0.4) is 0 Å². The lowest BCUT2D eigenvalue weighted by Gasteiger charge is -2.36. The van der Waals surface area contributed by atoms with E-state index < -0.39 is 0 Å². The van der Waals surface area contributed by atoms with Crippen molar-refractivity contribution < 1.29 is 9.21 Å². The van der Waals surface area contributed by atoms with Crippen LogP contribution in [0.2, 0.25) is 0 Å². The van der Waals surface area contributed by atoms with Crippen LogP contribution in [0.5, 0.6) is 0 Å². The fourth-order valence-corrected chi connectivity index (χ4v) is 3.68. The van der Waals surface area contributed by atoms with Crippen LogP contribution in [0.15, 0.2) is 41.0 Å². The van der Waals surface area contributed by atoms with Gasteiger partial charge in [0.25, 0.3) is 5.91 Å². The van der Waals surface area contributed by atoms with E-state index >= 15 is 0 Å². The summed E-state index contributed by atoms with van der Waals surface area (Å²) in [7, 11) is 0. The maximum Gasteiger partial charge on any atom is 0.258 e. The van der Waals surface area contributed by atoms with E-state index in [4.69, 9.17) is 4.42 Å². The Balaban J connectivity index is 1.72. The molecule has 4 rings (SSSR count). The van der Waals surface area contributed by atoms with Crippen molar-refractivity contribution in [2.45, 2.75) is 51.1 Å². The minimum absolute atomic E-state index is 0.135. The van der Waals surface area contributed by atoms with Crippen LogP contribution in [-0.4, -0.2) is 16.8 Å². The summed E-state index contributed by atoms with van der Waals surface area (Å²) < 4.78 is 5.35. The summed E-state index contributed by atoms with van der Waals surface area (Å²) in [5.41, 5.74) is 3.46. The number of fused-ring (bicyclic) bond motifs is 1. The molecule has 0 bridgehead atoms. The van der Waals surface area contributed by atoms with Crippen molar-refractivity contribution >= 4 is 5.91 Å². The van der Waals surface area contributed by atoms with Gasteiger partial charge in [0.15, 0.2) is 0 Å². The van der Waals surface area contributed by atoms with Gasteiger partial charge in [-0.15, -0.1) is 0 Å². The molecule has 1 aromatic carbocycles. The minimum atomic E-state index is 0.135. The van der Waals surface area contributed by atoms with E-state index in [1.807, 2.05) is 13.0 Å². The van der Waals surface area contributed by atoms with Crippen molar-refractivity contribution in [3.05, 3.63) is 59.0 Å². The Hall–Kier alpha value is -2.03. The van der Waals surface area contributed by atoms with Crippen molar-refractivity contribution in [3.8, 4) is 0 Å². The van der Waals surface area contributed by atoms with Crippen LogP contribution in [0.25, 0.3) is 0 Å². The molecule has 1 fully saturated rings. The van der Waals surface area contributed by atoms with Gasteiger partial charge in [-0.3, -0.25) is 4.79 Å². The monoisotopic (exact) mass is 295 g/mol. The second kappa shape index (κ2) is 5.31. The van der Waals surface area contributed by atoms with Crippen LogP contribution >= 0.6 is 0 Å². The summed E-state index contributed by atoms with van der Waals surface area (Å²) in [5, 5.41) is 0. The molecule has 3 nitrogen and oxygen atoms in total. The molecule has 1 amide bonds. The molecule has 0 N–H and O–H groups in total. The third kappa shape index (κ3) is 2.25. The zero-order valence-corrected chi connectivity index (χ0v) is 12.9. The zero-order valence-electron chi connectivity index (χ0n) is 12.9. The Morgan fingerprint density at radius 1 is 1.18 bits per heavy atom. The molecule has 1 atom stereocenters. The van der Waals surface area contributed by atoms with Gasteiger partial charge < -0.3 is 9.32 Å². The molecule has 1 saturated carbocycles. The molecular weight excluding hydrogens is 274 g/mol. The van der Waals surface area contributed by atoms with Gasteiger partial charge in [-0.25, -0.2) is 0 Å². The second-order valence-corrected chi connectivity index (χ2v) is 6.44. The van der Waals surface area contributed by atoms with E-state index in [1.165, 1.54) is 11.1 Å². The average molecular weight is 295 g/mol. The molecular formula is C19H21NO2. The van der Waals surface area contributed by atoms with Gasteiger partial charge in [-0.05, 0) is 56.2 Å². The highest BCUT2D eigenvalue weighted by Crippen LogP contribution is 2.41. The average Bonchev–Trinajstić information content (AvgIpc) is 3.28. The smallest absolute Gasteiger partial charge is 0.258 e. The number of rotatable bonds is 3. The molecule has 0 saturated heterocycles. The predicted octanol–water partition coefficient (Wildman–Crippen LogP) is 4.27. The number of aryl methyl sites for hydroxylation is 2. The molecule has 1 heterocycles. The highest BCUT2D eigenvalue weighted by atomic mass is 16.3. The zero-order chi connectivity index (χ0) is 15.1. The lowest BCUT2D eigenvalue weighted by molar-refractivity contribution is 0.0636. The fraction of sp³-hybridized carbons (Fsp3) is 0.421. The van der Waals surface area contributed by atoms with Gasteiger partial charge in [0, 0.05) is 6.04 Å². The third-order valence-corrected chi connectivity index (χ3v) is 4.94. The predicted molar refractivity (Wildman–Crippen MR) is 84.8 cm³/mol. The van der Waals surface area contributed by atoms with E-state index in [1.54, 1.807) is 6.26 Å². The molecule has 2 aromatic rings. The van der Waals surface area contributed by atoms with Crippen molar-refractivity contribution in [2.24, 2.45) is 0 Å². The lowest BCUT2D eigenvalue weighted by atomic mass is 9.86. The molecule has 0 spiro atoms. The number of furan rings is 1. The summed E-state index contributed by atoms with van der Waals surface area (Å²) in [4.78, 5) is 15.2. The topological polar surface area (TPSA) is 33.5 Å². The first kappa shape index (κ1) is 13.6. The van der Waals surface area contributed by atoms with Crippen LogP contribution in [0.4, 0.5) is 0 Å². The summed E-state index contributed by atoms with van der Waals surface area (Å²) in [5.74, 6) is 0.857. The van der Waals surface area contributed by atoms with Crippen LogP contribution in [0, 0.1) is 6.92 Å². The molecule has 22 heavy (non-hydrogen) atoms. The van der Waals surface area contributed by atoms with Crippen molar-refractivity contribution in [2.75, 3.05) is 0 Å². The van der Waals surface area contributed by atoms with E-state index in [0.29, 0.717) is 6.04 Å². The molecule has 114 valence electrons. The number of hydrogen-bond acceptors (Lipinski definition) is 2. The van der Waals surface area contributed by atoms with Gasteiger partial charge in [-0.2, -0.15) is 0 Å². The van der Waals surface area contributed by atoms with E-state index in [-0.39, 0.29) is 11.9 Å². The SMILES string of the molecule is Cc1occc1C(=O)N(C1CC1)C1CCCc2ccccc21. The van der Waals surface area contributed by atoms with Crippen LogP contribution in [0.1, 0.15) is 59.0 Å². The fourth-order valence-electron chi connectivity index (χ4n) is 3.68. The molecule has 1 unspecified atom stereocenters. The normalized spacial score (nSPS) is 20.5. The molecule has 2 aliphatic carbocycles. The van der Waals surface area contributed by atoms with Gasteiger partial charge in [0.2, 0.25) is 0 Å². The Morgan fingerprint density at radius 3 is 2.73 bits per heavy atom. The van der Waals surface area contributed by atoms with Gasteiger partial charge in [0.05, 0.1) is 17.9 Å².